The molecule has 0 aliphatic rings. The van der Waals surface area contributed by atoms with Gasteiger partial charge in [-0.15, -0.1) is 0 Å². The summed E-state index contributed by atoms with van der Waals surface area (Å²) >= 11 is 0. The molecular formula is C12H19NO. The fourth-order valence-electron chi connectivity index (χ4n) is 1.45. The Labute approximate surface area is 86.1 Å². The van der Waals surface area contributed by atoms with Crippen LogP contribution in [-0.4, -0.2) is 7.11 Å². The Morgan fingerprint density at radius 3 is 2.21 bits per heavy atom. The van der Waals surface area contributed by atoms with Crippen LogP contribution < -0.4 is 5.73 Å². The summed E-state index contributed by atoms with van der Waals surface area (Å²) in [6.45, 7) is 4.43. The highest BCUT2D eigenvalue weighted by atomic mass is 16.5. The zero-order valence-corrected chi connectivity index (χ0v) is 9.16. The van der Waals surface area contributed by atoms with E-state index in [0.29, 0.717) is 5.92 Å². The van der Waals surface area contributed by atoms with Crippen LogP contribution in [0, 0.1) is 5.92 Å². The molecule has 0 aliphatic carbocycles. The van der Waals surface area contributed by atoms with Crippen molar-refractivity contribution in [3.63, 3.8) is 0 Å². The van der Waals surface area contributed by atoms with Crippen molar-refractivity contribution in [1.29, 1.82) is 0 Å². The lowest BCUT2D eigenvalue weighted by atomic mass is 10.0. The summed E-state index contributed by atoms with van der Waals surface area (Å²) in [5.74, 6) is 0.692. The summed E-state index contributed by atoms with van der Waals surface area (Å²) in [5, 5.41) is 0. The first kappa shape index (κ1) is 11.2. The van der Waals surface area contributed by atoms with E-state index in [1.165, 1.54) is 5.56 Å². The van der Waals surface area contributed by atoms with Gasteiger partial charge in [0.1, 0.15) is 6.23 Å². The number of hydrogen-bond acceptors (Lipinski definition) is 2. The molecule has 1 atom stereocenters. The van der Waals surface area contributed by atoms with E-state index in [9.17, 15) is 0 Å². The molecular weight excluding hydrogens is 174 g/mol. The lowest BCUT2D eigenvalue weighted by molar-refractivity contribution is 0.109. The van der Waals surface area contributed by atoms with Crippen molar-refractivity contribution >= 4 is 0 Å². The number of benzene rings is 1. The molecule has 1 unspecified atom stereocenters. The number of rotatable bonds is 4. The van der Waals surface area contributed by atoms with E-state index in [-0.39, 0.29) is 6.23 Å². The molecule has 2 heteroatoms. The van der Waals surface area contributed by atoms with E-state index in [1.807, 2.05) is 12.1 Å². The predicted octanol–water partition coefficient (Wildman–Crippen LogP) is 2.49. The fourth-order valence-corrected chi connectivity index (χ4v) is 1.45. The Bertz CT molecular complexity index is 266. The van der Waals surface area contributed by atoms with Crippen molar-refractivity contribution in [2.24, 2.45) is 11.7 Å². The standard InChI is InChI=1S/C12H19NO/c1-9(2)8-10-4-6-11(7-5-10)12(13)14-3/h4-7,9,12H,8,13H2,1-3H3. The maximum absolute atomic E-state index is 5.72. The van der Waals surface area contributed by atoms with Crippen LogP contribution in [0.3, 0.4) is 0 Å². The second kappa shape index (κ2) is 5.13. The van der Waals surface area contributed by atoms with Crippen LogP contribution in [0.15, 0.2) is 24.3 Å². The highest BCUT2D eigenvalue weighted by Crippen LogP contribution is 2.14. The van der Waals surface area contributed by atoms with Gasteiger partial charge in [-0.05, 0) is 23.5 Å². The van der Waals surface area contributed by atoms with Crippen LogP contribution in [0.5, 0.6) is 0 Å². The van der Waals surface area contributed by atoms with Gasteiger partial charge in [-0.25, -0.2) is 0 Å². The quantitative estimate of drug-likeness (QED) is 0.746. The fraction of sp³-hybridized carbons (Fsp3) is 0.500. The second-order valence-electron chi connectivity index (χ2n) is 4.00. The highest BCUT2D eigenvalue weighted by Gasteiger charge is 2.03. The summed E-state index contributed by atoms with van der Waals surface area (Å²) in [6, 6.07) is 8.31. The van der Waals surface area contributed by atoms with Crippen LogP contribution in [0.1, 0.15) is 31.2 Å². The van der Waals surface area contributed by atoms with Gasteiger partial charge in [-0.1, -0.05) is 38.1 Å². The molecule has 0 amide bonds. The van der Waals surface area contributed by atoms with Crippen molar-refractivity contribution in [2.75, 3.05) is 7.11 Å². The van der Waals surface area contributed by atoms with E-state index >= 15 is 0 Å². The van der Waals surface area contributed by atoms with Crippen molar-refractivity contribution in [3.05, 3.63) is 35.4 Å². The van der Waals surface area contributed by atoms with Crippen molar-refractivity contribution < 1.29 is 4.74 Å². The van der Waals surface area contributed by atoms with E-state index in [0.717, 1.165) is 12.0 Å². The zero-order chi connectivity index (χ0) is 10.6. The lowest BCUT2D eigenvalue weighted by Crippen LogP contribution is -2.11. The Morgan fingerprint density at radius 1 is 1.21 bits per heavy atom. The lowest BCUT2D eigenvalue weighted by Gasteiger charge is -2.11. The molecule has 0 heterocycles. The first-order valence-corrected chi connectivity index (χ1v) is 5.00. The number of ether oxygens (including phenoxy) is 1. The van der Waals surface area contributed by atoms with E-state index in [4.69, 9.17) is 10.5 Å². The molecule has 0 saturated carbocycles. The van der Waals surface area contributed by atoms with Crippen LogP contribution in [-0.2, 0) is 11.2 Å². The van der Waals surface area contributed by atoms with Gasteiger partial charge < -0.3 is 10.5 Å². The molecule has 0 bridgehead atoms. The molecule has 2 nitrogen and oxygen atoms in total. The van der Waals surface area contributed by atoms with Gasteiger partial charge in [-0.2, -0.15) is 0 Å². The Kier molecular flexibility index (Phi) is 4.11. The molecule has 2 N–H and O–H groups in total. The molecule has 1 aromatic rings. The minimum atomic E-state index is -0.303. The average molecular weight is 193 g/mol. The Morgan fingerprint density at radius 2 is 1.79 bits per heavy atom. The molecule has 0 saturated heterocycles. The van der Waals surface area contributed by atoms with Gasteiger partial charge in [-0.3, -0.25) is 0 Å². The molecule has 0 spiro atoms. The van der Waals surface area contributed by atoms with Gasteiger partial charge >= 0.3 is 0 Å². The highest BCUT2D eigenvalue weighted by molar-refractivity contribution is 5.24. The molecule has 1 rings (SSSR count). The van der Waals surface area contributed by atoms with Gasteiger partial charge in [0.2, 0.25) is 0 Å². The Hall–Kier alpha value is -0.860. The molecule has 0 fully saturated rings. The predicted molar refractivity (Wildman–Crippen MR) is 58.9 cm³/mol. The summed E-state index contributed by atoms with van der Waals surface area (Å²) in [5.41, 5.74) is 8.10. The minimum absolute atomic E-state index is 0.303. The maximum Gasteiger partial charge on any atom is 0.131 e. The zero-order valence-electron chi connectivity index (χ0n) is 9.16. The minimum Gasteiger partial charge on any atom is -0.363 e. The third-order valence-electron chi connectivity index (χ3n) is 2.21. The van der Waals surface area contributed by atoms with Gasteiger partial charge in [0.05, 0.1) is 0 Å². The van der Waals surface area contributed by atoms with E-state index < -0.39 is 0 Å². The number of methoxy groups -OCH3 is 1. The molecule has 78 valence electrons. The summed E-state index contributed by atoms with van der Waals surface area (Å²) in [7, 11) is 1.62. The second-order valence-corrected chi connectivity index (χ2v) is 4.00. The topological polar surface area (TPSA) is 35.2 Å². The molecule has 0 aliphatic heterocycles. The Balaban J connectivity index is 2.68. The van der Waals surface area contributed by atoms with E-state index in [1.54, 1.807) is 7.11 Å². The van der Waals surface area contributed by atoms with Gasteiger partial charge in [0.25, 0.3) is 0 Å². The third-order valence-corrected chi connectivity index (χ3v) is 2.21. The number of hydrogen-bond donors (Lipinski definition) is 1. The SMILES string of the molecule is COC(N)c1ccc(CC(C)C)cc1. The molecule has 0 aromatic heterocycles. The summed E-state index contributed by atoms with van der Waals surface area (Å²) in [4.78, 5) is 0. The first-order chi connectivity index (χ1) is 6.63. The largest absolute Gasteiger partial charge is 0.363 e. The first-order valence-electron chi connectivity index (χ1n) is 5.00. The normalized spacial score (nSPS) is 13.2. The van der Waals surface area contributed by atoms with Gasteiger partial charge in [0, 0.05) is 7.11 Å². The van der Waals surface area contributed by atoms with Gasteiger partial charge in [0.15, 0.2) is 0 Å². The van der Waals surface area contributed by atoms with Crippen LogP contribution in [0.25, 0.3) is 0 Å². The number of nitrogens with two attached hydrogens (primary N) is 1. The molecule has 0 radical (unpaired) electrons. The van der Waals surface area contributed by atoms with Crippen molar-refractivity contribution in [2.45, 2.75) is 26.5 Å². The van der Waals surface area contributed by atoms with Crippen LogP contribution in [0.4, 0.5) is 0 Å². The monoisotopic (exact) mass is 193 g/mol. The average Bonchev–Trinajstić information content (AvgIpc) is 2.17. The van der Waals surface area contributed by atoms with Crippen molar-refractivity contribution in [1.82, 2.24) is 0 Å². The smallest absolute Gasteiger partial charge is 0.131 e. The summed E-state index contributed by atoms with van der Waals surface area (Å²) < 4.78 is 5.03. The van der Waals surface area contributed by atoms with Crippen molar-refractivity contribution in [3.8, 4) is 0 Å². The van der Waals surface area contributed by atoms with Crippen LogP contribution in [0.2, 0.25) is 0 Å². The third kappa shape index (κ3) is 3.13. The van der Waals surface area contributed by atoms with Crippen LogP contribution >= 0.6 is 0 Å². The molecule has 14 heavy (non-hydrogen) atoms. The van der Waals surface area contributed by atoms with E-state index in [2.05, 4.69) is 26.0 Å². The maximum atomic E-state index is 5.72. The summed E-state index contributed by atoms with van der Waals surface area (Å²) in [6.07, 6.45) is 0.811. The molecule has 1 aromatic carbocycles.